The number of allylic oxidation sites excluding steroid dienone is 2. The smallest absolute Gasteiger partial charge is 0.448 e. The lowest BCUT2D eigenvalue weighted by molar-refractivity contribution is -0.120. The highest BCUT2D eigenvalue weighted by Crippen LogP contribution is 2.24. The lowest BCUT2D eigenvalue weighted by Gasteiger charge is -2.04. The van der Waals surface area contributed by atoms with Crippen LogP contribution >= 0.6 is 0 Å². The Labute approximate surface area is 106 Å². The number of halogens is 3. The molecule has 98 valence electrons. The first-order chi connectivity index (χ1) is 8.88. The number of aliphatic hydroxyl groups is 1. The van der Waals surface area contributed by atoms with E-state index in [1.54, 1.807) is 18.2 Å². The molecule has 0 radical (unpaired) electrons. The molecule has 0 heterocycles. The first kappa shape index (κ1) is 13.1. The van der Waals surface area contributed by atoms with Crippen molar-refractivity contribution in [1.29, 1.82) is 0 Å². The highest BCUT2D eigenvalue weighted by atomic mass is 19.4. The SMILES string of the molecule is O=C(/C=C(\O)C(F)(F)F)c1ccc2ccccc2c1. The van der Waals surface area contributed by atoms with Gasteiger partial charge in [-0.25, -0.2) is 0 Å². The summed E-state index contributed by atoms with van der Waals surface area (Å²) in [5.41, 5.74) is 0.0921. The summed E-state index contributed by atoms with van der Waals surface area (Å²) in [5, 5.41) is 10.4. The van der Waals surface area contributed by atoms with Gasteiger partial charge in [0.25, 0.3) is 0 Å². The topological polar surface area (TPSA) is 37.3 Å². The summed E-state index contributed by atoms with van der Waals surface area (Å²) in [4.78, 5) is 11.6. The van der Waals surface area contributed by atoms with E-state index >= 15 is 0 Å². The van der Waals surface area contributed by atoms with E-state index in [9.17, 15) is 18.0 Å². The van der Waals surface area contributed by atoms with Gasteiger partial charge in [0.1, 0.15) is 0 Å². The van der Waals surface area contributed by atoms with Crippen LogP contribution in [0.3, 0.4) is 0 Å². The van der Waals surface area contributed by atoms with Crippen LogP contribution < -0.4 is 0 Å². The molecule has 2 aromatic carbocycles. The van der Waals surface area contributed by atoms with E-state index in [-0.39, 0.29) is 11.6 Å². The number of carbonyl (C=O) groups is 1. The molecule has 0 saturated heterocycles. The second-order valence-electron chi connectivity index (χ2n) is 3.95. The summed E-state index contributed by atoms with van der Waals surface area (Å²) < 4.78 is 36.3. The average molecular weight is 266 g/mol. The predicted octanol–water partition coefficient (Wildman–Crippen LogP) is 4.03. The van der Waals surface area contributed by atoms with Gasteiger partial charge in [-0.15, -0.1) is 0 Å². The number of hydrogen-bond acceptors (Lipinski definition) is 2. The summed E-state index contributed by atoms with van der Waals surface area (Å²) in [7, 11) is 0. The molecule has 2 nitrogen and oxygen atoms in total. The Morgan fingerprint density at radius 3 is 2.32 bits per heavy atom. The van der Waals surface area contributed by atoms with Gasteiger partial charge in [-0.3, -0.25) is 4.79 Å². The van der Waals surface area contributed by atoms with Crippen molar-refractivity contribution in [3.63, 3.8) is 0 Å². The zero-order valence-corrected chi connectivity index (χ0v) is 9.61. The van der Waals surface area contributed by atoms with Gasteiger partial charge < -0.3 is 5.11 Å². The quantitative estimate of drug-likeness (QED) is 0.506. The van der Waals surface area contributed by atoms with Crippen molar-refractivity contribution >= 4 is 16.6 Å². The average Bonchev–Trinajstić information content (AvgIpc) is 2.37. The summed E-state index contributed by atoms with van der Waals surface area (Å²) in [6.07, 6.45) is -4.73. The van der Waals surface area contributed by atoms with Gasteiger partial charge in [-0.1, -0.05) is 36.4 Å². The Kier molecular flexibility index (Phi) is 3.29. The third-order valence-corrected chi connectivity index (χ3v) is 2.59. The minimum atomic E-state index is -4.91. The number of carbonyl (C=O) groups excluding carboxylic acids is 1. The molecule has 5 heteroatoms. The zero-order valence-electron chi connectivity index (χ0n) is 9.61. The molecule has 0 saturated carbocycles. The lowest BCUT2D eigenvalue weighted by Crippen LogP contribution is -2.13. The highest BCUT2D eigenvalue weighted by molar-refractivity contribution is 6.07. The molecule has 0 amide bonds. The molecular formula is C14H9F3O2. The molecule has 2 rings (SSSR count). The minimum absolute atomic E-state index is 0.0921. The third-order valence-electron chi connectivity index (χ3n) is 2.59. The van der Waals surface area contributed by atoms with Crippen molar-refractivity contribution in [2.24, 2.45) is 0 Å². The monoisotopic (exact) mass is 266 g/mol. The fourth-order valence-electron chi connectivity index (χ4n) is 1.63. The van der Waals surface area contributed by atoms with E-state index in [2.05, 4.69) is 0 Å². The van der Waals surface area contributed by atoms with Gasteiger partial charge in [-0.05, 0) is 16.8 Å². The molecule has 19 heavy (non-hydrogen) atoms. The summed E-state index contributed by atoms with van der Waals surface area (Å²) >= 11 is 0. The number of fused-ring (bicyclic) bond motifs is 1. The van der Waals surface area contributed by atoms with E-state index in [1.807, 2.05) is 12.1 Å². The van der Waals surface area contributed by atoms with Crippen molar-refractivity contribution in [2.75, 3.05) is 0 Å². The van der Waals surface area contributed by atoms with Crippen molar-refractivity contribution in [3.8, 4) is 0 Å². The fourth-order valence-corrected chi connectivity index (χ4v) is 1.63. The van der Waals surface area contributed by atoms with Gasteiger partial charge in [-0.2, -0.15) is 13.2 Å². The highest BCUT2D eigenvalue weighted by Gasteiger charge is 2.34. The van der Waals surface area contributed by atoms with Gasteiger partial charge in [0.2, 0.25) is 5.76 Å². The molecule has 0 aliphatic carbocycles. The van der Waals surface area contributed by atoms with E-state index < -0.39 is 17.7 Å². The number of ketones is 1. The zero-order chi connectivity index (χ0) is 14.0. The van der Waals surface area contributed by atoms with Crippen molar-refractivity contribution in [3.05, 3.63) is 59.9 Å². The second-order valence-corrected chi connectivity index (χ2v) is 3.95. The van der Waals surface area contributed by atoms with Crippen molar-refractivity contribution in [2.45, 2.75) is 6.18 Å². The van der Waals surface area contributed by atoms with E-state index in [0.29, 0.717) is 0 Å². The second kappa shape index (κ2) is 4.76. The minimum Gasteiger partial charge on any atom is -0.504 e. The van der Waals surface area contributed by atoms with Crippen LogP contribution in [-0.2, 0) is 0 Å². The largest absolute Gasteiger partial charge is 0.504 e. The van der Waals surface area contributed by atoms with Gasteiger partial charge in [0.05, 0.1) is 0 Å². The summed E-state index contributed by atoms with van der Waals surface area (Å²) in [6.45, 7) is 0. The van der Waals surface area contributed by atoms with Crippen LogP contribution in [-0.4, -0.2) is 17.1 Å². The maximum absolute atomic E-state index is 12.1. The van der Waals surface area contributed by atoms with E-state index in [4.69, 9.17) is 5.11 Å². The van der Waals surface area contributed by atoms with Gasteiger partial charge >= 0.3 is 6.18 Å². The van der Waals surface area contributed by atoms with E-state index in [0.717, 1.165) is 10.8 Å². The number of hydrogen-bond donors (Lipinski definition) is 1. The molecule has 2 aromatic rings. The molecule has 0 aromatic heterocycles. The Morgan fingerprint density at radius 1 is 1.05 bits per heavy atom. The van der Waals surface area contributed by atoms with Crippen molar-refractivity contribution in [1.82, 2.24) is 0 Å². The first-order valence-electron chi connectivity index (χ1n) is 5.39. The van der Waals surface area contributed by atoms with Gasteiger partial charge in [0.15, 0.2) is 5.78 Å². The molecule has 0 fully saturated rings. The maximum atomic E-state index is 12.1. The maximum Gasteiger partial charge on any atom is 0.448 e. The predicted molar refractivity (Wildman–Crippen MR) is 65.0 cm³/mol. The standard InChI is InChI=1S/C14H9F3O2/c15-14(16,17)13(19)8-12(18)11-6-5-9-3-1-2-4-10(9)7-11/h1-8,19H/b13-8-. The molecule has 0 atom stereocenters. The molecule has 0 bridgehead atoms. The Morgan fingerprint density at radius 2 is 1.68 bits per heavy atom. The molecule has 0 aliphatic rings. The number of rotatable bonds is 2. The Bertz CT molecular complexity index is 657. The van der Waals surface area contributed by atoms with Crippen LogP contribution in [0.25, 0.3) is 10.8 Å². The Balaban J connectivity index is 2.37. The third kappa shape index (κ3) is 2.93. The normalized spacial score (nSPS) is 12.7. The molecule has 1 N–H and O–H groups in total. The van der Waals surface area contributed by atoms with Gasteiger partial charge in [0, 0.05) is 11.6 Å². The van der Waals surface area contributed by atoms with Crippen LogP contribution in [0.2, 0.25) is 0 Å². The lowest BCUT2D eigenvalue weighted by atomic mass is 10.0. The molecule has 0 aliphatic heterocycles. The number of alkyl halides is 3. The van der Waals surface area contributed by atoms with Crippen LogP contribution in [0.5, 0.6) is 0 Å². The fraction of sp³-hybridized carbons (Fsp3) is 0.0714. The summed E-state index contributed by atoms with van der Waals surface area (Å²) in [6, 6.07) is 11.7. The van der Waals surface area contributed by atoms with Crippen LogP contribution in [0, 0.1) is 0 Å². The molecule has 0 spiro atoms. The summed E-state index contributed by atoms with van der Waals surface area (Å²) in [5.74, 6) is -2.79. The Hall–Kier alpha value is -2.30. The number of benzene rings is 2. The van der Waals surface area contributed by atoms with Crippen LogP contribution in [0.15, 0.2) is 54.3 Å². The number of aliphatic hydroxyl groups excluding tert-OH is 1. The van der Waals surface area contributed by atoms with E-state index in [1.165, 1.54) is 12.1 Å². The molecule has 0 unspecified atom stereocenters. The molecular weight excluding hydrogens is 257 g/mol. The van der Waals surface area contributed by atoms with Crippen molar-refractivity contribution < 1.29 is 23.1 Å². The van der Waals surface area contributed by atoms with Crippen LogP contribution in [0.4, 0.5) is 13.2 Å². The first-order valence-corrected chi connectivity index (χ1v) is 5.39. The van der Waals surface area contributed by atoms with Crippen LogP contribution in [0.1, 0.15) is 10.4 Å².